The molecular formula is C16H21NO2S. The van der Waals surface area contributed by atoms with Gasteiger partial charge in [-0.05, 0) is 36.0 Å². The lowest BCUT2D eigenvalue weighted by atomic mass is 9.87. The Morgan fingerprint density at radius 2 is 1.75 bits per heavy atom. The third-order valence-electron chi connectivity index (χ3n) is 4.07. The number of rotatable bonds is 2. The van der Waals surface area contributed by atoms with Crippen molar-refractivity contribution in [2.45, 2.75) is 55.6 Å². The molecule has 0 amide bonds. The quantitative estimate of drug-likeness (QED) is 0.838. The first-order chi connectivity index (χ1) is 9.26. The van der Waals surface area contributed by atoms with Crippen molar-refractivity contribution in [3.8, 4) is 6.07 Å². The fourth-order valence-corrected chi connectivity index (χ4v) is 4.74. The Labute approximate surface area is 121 Å². The predicted molar refractivity (Wildman–Crippen MR) is 79.1 cm³/mol. The zero-order valence-corrected chi connectivity index (χ0v) is 13.1. The van der Waals surface area contributed by atoms with Gasteiger partial charge in [0, 0.05) is 0 Å². The van der Waals surface area contributed by atoms with E-state index in [-0.39, 0.29) is 11.3 Å². The molecule has 20 heavy (non-hydrogen) atoms. The monoisotopic (exact) mass is 291 g/mol. The van der Waals surface area contributed by atoms with Crippen LogP contribution in [0.3, 0.4) is 0 Å². The molecule has 0 bridgehead atoms. The Hall–Kier alpha value is -1.34. The number of sulfone groups is 1. The van der Waals surface area contributed by atoms with Crippen molar-refractivity contribution in [1.82, 2.24) is 0 Å². The molecular weight excluding hydrogens is 270 g/mol. The van der Waals surface area contributed by atoms with Crippen LogP contribution in [-0.2, 0) is 15.3 Å². The lowest BCUT2D eigenvalue weighted by molar-refractivity contribution is 0.564. The van der Waals surface area contributed by atoms with E-state index in [4.69, 9.17) is 5.26 Å². The Morgan fingerprint density at radius 3 is 2.25 bits per heavy atom. The van der Waals surface area contributed by atoms with E-state index < -0.39 is 15.1 Å². The van der Waals surface area contributed by atoms with E-state index in [2.05, 4.69) is 26.8 Å². The topological polar surface area (TPSA) is 57.9 Å². The van der Waals surface area contributed by atoms with Gasteiger partial charge >= 0.3 is 0 Å². The molecule has 108 valence electrons. The highest BCUT2D eigenvalue weighted by Gasteiger charge is 2.38. The summed E-state index contributed by atoms with van der Waals surface area (Å²) in [5, 5.41) is 8.55. The first-order valence-electron chi connectivity index (χ1n) is 7.01. The molecule has 1 aromatic carbocycles. The van der Waals surface area contributed by atoms with Crippen LogP contribution in [-0.4, -0.2) is 13.7 Å². The maximum Gasteiger partial charge on any atom is 0.182 e. The Bertz CT molecular complexity index is 618. The standard InChI is InChI=1S/C16H21NO2S/c1-16(2,3)13-7-9-14(10-8-13)20(18,19)15-6-4-5-12(15)11-17/h7-10,12,15H,4-6H2,1-3H3. The fourth-order valence-electron chi connectivity index (χ4n) is 2.76. The number of hydrogen-bond acceptors (Lipinski definition) is 3. The van der Waals surface area contributed by atoms with Crippen molar-refractivity contribution in [2.75, 3.05) is 0 Å². The van der Waals surface area contributed by atoms with Crippen LogP contribution >= 0.6 is 0 Å². The number of benzene rings is 1. The van der Waals surface area contributed by atoms with Crippen molar-refractivity contribution in [1.29, 1.82) is 5.26 Å². The second kappa shape index (κ2) is 5.21. The van der Waals surface area contributed by atoms with Gasteiger partial charge in [0.25, 0.3) is 0 Å². The van der Waals surface area contributed by atoms with E-state index in [1.165, 1.54) is 0 Å². The molecule has 1 aliphatic carbocycles. The molecule has 0 saturated heterocycles. The van der Waals surface area contributed by atoms with Gasteiger partial charge in [0.1, 0.15) is 0 Å². The zero-order valence-electron chi connectivity index (χ0n) is 12.3. The van der Waals surface area contributed by atoms with Gasteiger partial charge in [-0.15, -0.1) is 0 Å². The van der Waals surface area contributed by atoms with E-state index in [0.29, 0.717) is 17.7 Å². The summed E-state index contributed by atoms with van der Waals surface area (Å²) in [4.78, 5) is 0.345. The van der Waals surface area contributed by atoms with Crippen LogP contribution in [0.2, 0.25) is 0 Å². The average Bonchev–Trinajstić information content (AvgIpc) is 2.87. The first kappa shape index (κ1) is 15.1. The molecule has 1 fully saturated rings. The van der Waals surface area contributed by atoms with Crippen molar-refractivity contribution in [3.05, 3.63) is 29.8 Å². The minimum Gasteiger partial charge on any atom is -0.223 e. The van der Waals surface area contributed by atoms with Gasteiger partial charge in [-0.1, -0.05) is 39.3 Å². The van der Waals surface area contributed by atoms with Crippen LogP contribution in [0, 0.1) is 17.2 Å². The number of nitrogens with zero attached hydrogens (tertiary/aromatic N) is 1. The van der Waals surface area contributed by atoms with Gasteiger partial charge in [0.15, 0.2) is 9.84 Å². The van der Waals surface area contributed by atoms with Crippen LogP contribution in [0.25, 0.3) is 0 Å². The lowest BCUT2D eigenvalue weighted by Crippen LogP contribution is -2.24. The summed E-state index contributed by atoms with van der Waals surface area (Å²) in [6.45, 7) is 6.29. The zero-order chi connectivity index (χ0) is 15.0. The van der Waals surface area contributed by atoms with Gasteiger partial charge in [-0.2, -0.15) is 5.26 Å². The highest BCUT2D eigenvalue weighted by Crippen LogP contribution is 2.34. The molecule has 1 saturated carbocycles. The second-order valence-electron chi connectivity index (χ2n) is 6.52. The Morgan fingerprint density at radius 1 is 1.15 bits per heavy atom. The summed E-state index contributed by atoms with van der Waals surface area (Å²) >= 11 is 0. The first-order valence-corrected chi connectivity index (χ1v) is 8.55. The van der Waals surface area contributed by atoms with Crippen LogP contribution in [0.1, 0.15) is 45.6 Å². The third kappa shape index (κ3) is 2.73. The Kier molecular flexibility index (Phi) is 3.93. The second-order valence-corrected chi connectivity index (χ2v) is 8.69. The van der Waals surface area contributed by atoms with Crippen molar-refractivity contribution in [2.24, 2.45) is 5.92 Å². The summed E-state index contributed by atoms with van der Waals surface area (Å²) in [5.74, 6) is -0.359. The van der Waals surface area contributed by atoms with Crippen LogP contribution in [0.15, 0.2) is 29.2 Å². The summed E-state index contributed by atoms with van der Waals surface area (Å²) in [6.07, 6.45) is 2.12. The van der Waals surface area contributed by atoms with Gasteiger partial charge < -0.3 is 0 Å². The maximum atomic E-state index is 12.6. The molecule has 0 radical (unpaired) electrons. The molecule has 4 heteroatoms. The molecule has 3 nitrogen and oxygen atoms in total. The van der Waals surface area contributed by atoms with Gasteiger partial charge in [0.2, 0.25) is 0 Å². The predicted octanol–water partition coefficient (Wildman–Crippen LogP) is 3.45. The van der Waals surface area contributed by atoms with Gasteiger partial charge in [-0.25, -0.2) is 8.42 Å². The minimum absolute atomic E-state index is 0.00480. The fraction of sp³-hybridized carbons (Fsp3) is 0.562. The van der Waals surface area contributed by atoms with Crippen molar-refractivity contribution in [3.63, 3.8) is 0 Å². The van der Waals surface area contributed by atoms with Crippen molar-refractivity contribution >= 4 is 9.84 Å². The molecule has 0 N–H and O–H groups in total. The SMILES string of the molecule is CC(C)(C)c1ccc(S(=O)(=O)C2CCCC2C#N)cc1. The highest BCUT2D eigenvalue weighted by atomic mass is 32.2. The molecule has 2 atom stereocenters. The summed E-state index contributed by atoms with van der Waals surface area (Å²) in [6, 6.07) is 9.27. The average molecular weight is 291 g/mol. The van der Waals surface area contributed by atoms with Gasteiger partial charge in [-0.3, -0.25) is 0 Å². The molecule has 1 aromatic rings. The largest absolute Gasteiger partial charge is 0.223 e. The smallest absolute Gasteiger partial charge is 0.182 e. The summed E-state index contributed by atoms with van der Waals surface area (Å²) in [7, 11) is -3.38. The molecule has 0 aliphatic heterocycles. The van der Waals surface area contributed by atoms with E-state index >= 15 is 0 Å². The van der Waals surface area contributed by atoms with E-state index in [9.17, 15) is 8.42 Å². The molecule has 0 heterocycles. The van der Waals surface area contributed by atoms with E-state index in [0.717, 1.165) is 12.0 Å². The number of hydrogen-bond donors (Lipinski definition) is 0. The van der Waals surface area contributed by atoms with E-state index in [1.807, 2.05) is 12.1 Å². The van der Waals surface area contributed by atoms with E-state index in [1.54, 1.807) is 12.1 Å². The van der Waals surface area contributed by atoms with Crippen LogP contribution in [0.4, 0.5) is 0 Å². The normalized spacial score (nSPS) is 23.5. The molecule has 0 aromatic heterocycles. The highest BCUT2D eigenvalue weighted by molar-refractivity contribution is 7.92. The molecule has 0 spiro atoms. The van der Waals surface area contributed by atoms with Crippen molar-refractivity contribution < 1.29 is 8.42 Å². The summed E-state index contributed by atoms with van der Waals surface area (Å²) < 4.78 is 25.2. The van der Waals surface area contributed by atoms with Gasteiger partial charge in [0.05, 0.1) is 22.1 Å². The van der Waals surface area contributed by atoms with Crippen LogP contribution < -0.4 is 0 Å². The van der Waals surface area contributed by atoms with Crippen LogP contribution in [0.5, 0.6) is 0 Å². The molecule has 2 unspecified atom stereocenters. The maximum absolute atomic E-state index is 12.6. The molecule has 2 rings (SSSR count). The summed E-state index contributed by atoms with van der Waals surface area (Å²) in [5.41, 5.74) is 1.12. The lowest BCUT2D eigenvalue weighted by Gasteiger charge is -2.20. The molecule has 1 aliphatic rings. The minimum atomic E-state index is -3.38. The number of nitriles is 1. The Balaban J connectivity index is 2.34. The third-order valence-corrected chi connectivity index (χ3v) is 6.36.